The highest BCUT2D eigenvalue weighted by Gasteiger charge is 2.37. The Balaban J connectivity index is 1.75. The van der Waals surface area contributed by atoms with Crippen molar-refractivity contribution < 1.29 is 19.2 Å². The number of halogens is 1. The van der Waals surface area contributed by atoms with Crippen LogP contribution in [-0.2, 0) is 27.3 Å². The molecular weight excluding hydrogens is 340 g/mol. The molecule has 0 saturated heterocycles. The van der Waals surface area contributed by atoms with E-state index in [1.54, 1.807) is 18.2 Å². The number of rotatable bonds is 4. The second-order valence-electron chi connectivity index (χ2n) is 6.09. The summed E-state index contributed by atoms with van der Waals surface area (Å²) in [5.41, 5.74) is 2.86. The first-order chi connectivity index (χ1) is 12.1. The lowest BCUT2D eigenvalue weighted by Crippen LogP contribution is -3.17. The molecule has 0 bridgehead atoms. The van der Waals surface area contributed by atoms with Gasteiger partial charge in [-0.3, -0.25) is 4.79 Å². The molecule has 2 aromatic rings. The van der Waals surface area contributed by atoms with E-state index in [1.807, 2.05) is 30.3 Å². The van der Waals surface area contributed by atoms with Crippen molar-refractivity contribution in [2.24, 2.45) is 0 Å². The van der Waals surface area contributed by atoms with Gasteiger partial charge in [-0.1, -0.05) is 48.0 Å². The summed E-state index contributed by atoms with van der Waals surface area (Å²) < 4.78 is 4.94. The molecule has 1 amide bonds. The summed E-state index contributed by atoms with van der Waals surface area (Å²) in [4.78, 5) is 25.5. The van der Waals surface area contributed by atoms with Crippen molar-refractivity contribution in [3.8, 4) is 0 Å². The molecule has 3 rings (SSSR count). The van der Waals surface area contributed by atoms with Gasteiger partial charge in [-0.15, -0.1) is 0 Å². The quantitative estimate of drug-likeness (QED) is 0.813. The fourth-order valence-corrected chi connectivity index (χ4v) is 3.39. The summed E-state index contributed by atoms with van der Waals surface area (Å²) in [6.07, 6.45) is 0.567. The first kappa shape index (κ1) is 17.5. The third-order valence-electron chi connectivity index (χ3n) is 4.47. The number of hydrogen-bond acceptors (Lipinski definition) is 3. The maximum atomic E-state index is 12.5. The molecule has 130 valence electrons. The predicted octanol–water partition coefficient (Wildman–Crippen LogP) is 1.46. The van der Waals surface area contributed by atoms with E-state index >= 15 is 0 Å². The van der Waals surface area contributed by atoms with E-state index in [4.69, 9.17) is 16.3 Å². The number of carbonyl (C=O) groups is 2. The Bertz CT molecular complexity index is 794. The number of hydrogen-bond donors (Lipinski definition) is 2. The Morgan fingerprint density at radius 1 is 1.16 bits per heavy atom. The van der Waals surface area contributed by atoms with Crippen LogP contribution in [0.15, 0.2) is 48.5 Å². The predicted molar refractivity (Wildman–Crippen MR) is 95.6 cm³/mol. The van der Waals surface area contributed by atoms with Crippen LogP contribution < -0.4 is 10.2 Å². The normalized spacial score (nSPS) is 19.0. The molecule has 2 atom stereocenters. The number of nitrogens with one attached hydrogen (secondary N) is 2. The van der Waals surface area contributed by atoms with Crippen LogP contribution >= 0.6 is 11.6 Å². The van der Waals surface area contributed by atoms with Crippen LogP contribution in [0.3, 0.4) is 0 Å². The van der Waals surface area contributed by atoms with Crippen LogP contribution in [0.25, 0.3) is 0 Å². The van der Waals surface area contributed by atoms with Crippen LogP contribution in [0.2, 0.25) is 5.02 Å². The minimum atomic E-state index is -0.392. The van der Waals surface area contributed by atoms with Crippen molar-refractivity contribution in [3.63, 3.8) is 0 Å². The molecule has 6 heteroatoms. The highest BCUT2D eigenvalue weighted by molar-refractivity contribution is 6.33. The summed E-state index contributed by atoms with van der Waals surface area (Å²) in [5, 5.41) is 3.30. The van der Waals surface area contributed by atoms with Gasteiger partial charge < -0.3 is 15.0 Å². The SMILES string of the molecule is COC(=O)[C@H]1Cc2ccccc2C[NH+]1CC(=O)Nc1ccccc1Cl. The average Bonchev–Trinajstić information content (AvgIpc) is 2.62. The van der Waals surface area contributed by atoms with Gasteiger partial charge in [0.15, 0.2) is 12.6 Å². The zero-order chi connectivity index (χ0) is 17.8. The molecule has 1 heterocycles. The summed E-state index contributed by atoms with van der Waals surface area (Å²) in [5.74, 6) is -0.480. The number of quaternary nitrogens is 1. The van der Waals surface area contributed by atoms with E-state index in [-0.39, 0.29) is 18.4 Å². The molecule has 5 nitrogen and oxygen atoms in total. The van der Waals surface area contributed by atoms with Crippen molar-refractivity contribution in [2.75, 3.05) is 19.0 Å². The number of anilines is 1. The fourth-order valence-electron chi connectivity index (χ4n) is 3.20. The Hall–Kier alpha value is -2.37. The molecular formula is C19H20ClN2O3+. The van der Waals surface area contributed by atoms with Gasteiger partial charge in [0.05, 0.1) is 17.8 Å². The first-order valence-electron chi connectivity index (χ1n) is 8.12. The largest absolute Gasteiger partial charge is 0.465 e. The molecule has 2 N–H and O–H groups in total. The van der Waals surface area contributed by atoms with Crippen molar-refractivity contribution in [1.82, 2.24) is 0 Å². The molecule has 0 fully saturated rings. The minimum Gasteiger partial charge on any atom is -0.465 e. The number of esters is 1. The van der Waals surface area contributed by atoms with E-state index < -0.39 is 6.04 Å². The third kappa shape index (κ3) is 4.00. The monoisotopic (exact) mass is 359 g/mol. The zero-order valence-electron chi connectivity index (χ0n) is 13.9. The maximum absolute atomic E-state index is 12.5. The Labute approximate surface area is 151 Å². The molecule has 1 aliphatic heterocycles. The Morgan fingerprint density at radius 3 is 2.56 bits per heavy atom. The van der Waals surface area contributed by atoms with Crippen molar-refractivity contribution in [2.45, 2.75) is 19.0 Å². The lowest BCUT2D eigenvalue weighted by molar-refractivity contribution is -0.924. The standard InChI is InChI=1S/C19H19ClN2O3/c1-25-19(24)17-10-13-6-2-3-7-14(13)11-22(17)12-18(23)21-16-9-5-4-8-15(16)20/h2-9,17H,10-12H2,1H3,(H,21,23)/p+1/t17-/m1/s1. The molecule has 1 unspecified atom stereocenters. The van der Waals surface area contributed by atoms with E-state index in [9.17, 15) is 9.59 Å². The van der Waals surface area contributed by atoms with Crippen molar-refractivity contribution in [3.05, 3.63) is 64.7 Å². The highest BCUT2D eigenvalue weighted by atomic mass is 35.5. The van der Waals surface area contributed by atoms with Crippen LogP contribution in [0.4, 0.5) is 5.69 Å². The zero-order valence-corrected chi connectivity index (χ0v) is 14.7. The van der Waals surface area contributed by atoms with Crippen LogP contribution in [0.5, 0.6) is 0 Å². The topological polar surface area (TPSA) is 59.8 Å². The second-order valence-corrected chi connectivity index (χ2v) is 6.50. The van der Waals surface area contributed by atoms with Gasteiger partial charge in [0.2, 0.25) is 0 Å². The Morgan fingerprint density at radius 2 is 1.84 bits per heavy atom. The number of ether oxygens (including phenoxy) is 1. The lowest BCUT2D eigenvalue weighted by Gasteiger charge is -2.31. The first-order valence-corrected chi connectivity index (χ1v) is 8.50. The van der Waals surface area contributed by atoms with Gasteiger partial charge in [0, 0.05) is 12.0 Å². The van der Waals surface area contributed by atoms with Gasteiger partial charge in [0.25, 0.3) is 5.91 Å². The summed E-state index contributed by atoms with van der Waals surface area (Å²) in [6, 6.07) is 14.7. The van der Waals surface area contributed by atoms with E-state index in [0.29, 0.717) is 23.7 Å². The molecule has 0 saturated carbocycles. The summed E-state index contributed by atoms with van der Waals surface area (Å²) in [7, 11) is 1.38. The number of para-hydroxylation sites is 1. The molecule has 1 aliphatic rings. The summed E-state index contributed by atoms with van der Waals surface area (Å²) >= 11 is 6.08. The van der Waals surface area contributed by atoms with Crippen molar-refractivity contribution >= 4 is 29.2 Å². The number of amides is 1. The molecule has 0 aromatic heterocycles. The van der Waals surface area contributed by atoms with Gasteiger partial charge in [-0.25, -0.2) is 4.79 Å². The molecule has 0 radical (unpaired) electrons. The van der Waals surface area contributed by atoms with Gasteiger partial charge in [-0.05, 0) is 17.7 Å². The smallest absolute Gasteiger partial charge is 0.365 e. The Kier molecular flexibility index (Phi) is 5.36. The molecule has 2 aromatic carbocycles. The van der Waals surface area contributed by atoms with E-state index in [1.165, 1.54) is 7.11 Å². The number of carbonyl (C=O) groups excluding carboxylic acids is 2. The van der Waals surface area contributed by atoms with E-state index in [2.05, 4.69) is 5.32 Å². The number of fused-ring (bicyclic) bond motifs is 1. The van der Waals surface area contributed by atoms with Crippen LogP contribution in [-0.4, -0.2) is 31.6 Å². The second kappa shape index (κ2) is 7.68. The maximum Gasteiger partial charge on any atom is 0.365 e. The van der Waals surface area contributed by atoms with Crippen LogP contribution in [0, 0.1) is 0 Å². The third-order valence-corrected chi connectivity index (χ3v) is 4.80. The van der Waals surface area contributed by atoms with Gasteiger partial charge in [-0.2, -0.15) is 0 Å². The molecule has 25 heavy (non-hydrogen) atoms. The minimum absolute atomic E-state index is 0.166. The number of benzene rings is 2. The summed E-state index contributed by atoms with van der Waals surface area (Å²) in [6.45, 7) is 0.769. The van der Waals surface area contributed by atoms with Gasteiger partial charge >= 0.3 is 5.97 Å². The molecule has 0 spiro atoms. The fraction of sp³-hybridized carbons (Fsp3) is 0.263. The van der Waals surface area contributed by atoms with Crippen LogP contribution in [0.1, 0.15) is 11.1 Å². The molecule has 0 aliphatic carbocycles. The van der Waals surface area contributed by atoms with Crippen molar-refractivity contribution in [1.29, 1.82) is 0 Å². The average molecular weight is 360 g/mol. The van der Waals surface area contributed by atoms with E-state index in [0.717, 1.165) is 16.0 Å². The lowest BCUT2D eigenvalue weighted by atomic mass is 9.94. The number of methoxy groups -OCH3 is 1. The van der Waals surface area contributed by atoms with Gasteiger partial charge in [0.1, 0.15) is 6.54 Å². The highest BCUT2D eigenvalue weighted by Crippen LogP contribution is 2.20.